The van der Waals surface area contributed by atoms with Gasteiger partial charge in [0.2, 0.25) is 0 Å². The lowest BCUT2D eigenvalue weighted by atomic mass is 10.0. The number of ether oxygens (including phenoxy) is 1. The first-order chi connectivity index (χ1) is 8.15. The molecule has 0 spiro atoms. The molecule has 1 aromatic carbocycles. The van der Waals surface area contributed by atoms with Gasteiger partial charge in [-0.05, 0) is 36.1 Å². The van der Waals surface area contributed by atoms with Crippen LogP contribution >= 0.6 is 15.9 Å². The summed E-state index contributed by atoms with van der Waals surface area (Å²) in [4.78, 5) is 2.49. The van der Waals surface area contributed by atoms with Gasteiger partial charge < -0.3 is 4.74 Å². The number of halogens is 1. The van der Waals surface area contributed by atoms with Gasteiger partial charge in [0.25, 0.3) is 0 Å². The predicted molar refractivity (Wildman–Crippen MR) is 74.4 cm³/mol. The average Bonchev–Trinajstić information content (AvgIpc) is 2.61. The standard InChI is InChI=1S/C14H20BrNO/c1-11-9-16(10-12(11)2)7-8-17-14-5-3-13(15)4-6-14/h3-6,11-12H,7-10H2,1-2H3. The normalized spacial score (nSPS) is 25.1. The molecule has 2 nitrogen and oxygen atoms in total. The van der Waals surface area contributed by atoms with Crippen molar-refractivity contribution >= 4 is 15.9 Å². The van der Waals surface area contributed by atoms with Crippen LogP contribution in [0.5, 0.6) is 5.75 Å². The molecule has 1 saturated heterocycles. The number of benzene rings is 1. The van der Waals surface area contributed by atoms with Crippen molar-refractivity contribution in [3.63, 3.8) is 0 Å². The highest BCUT2D eigenvalue weighted by Crippen LogP contribution is 2.21. The maximum Gasteiger partial charge on any atom is 0.119 e. The van der Waals surface area contributed by atoms with Gasteiger partial charge in [0.15, 0.2) is 0 Å². The third kappa shape index (κ3) is 3.71. The number of nitrogens with zero attached hydrogens (tertiary/aromatic N) is 1. The van der Waals surface area contributed by atoms with E-state index < -0.39 is 0 Å². The zero-order valence-corrected chi connectivity index (χ0v) is 12.1. The van der Waals surface area contributed by atoms with Gasteiger partial charge in [-0.15, -0.1) is 0 Å². The summed E-state index contributed by atoms with van der Waals surface area (Å²) in [5.41, 5.74) is 0. The van der Waals surface area contributed by atoms with Crippen LogP contribution in [0.3, 0.4) is 0 Å². The summed E-state index contributed by atoms with van der Waals surface area (Å²) >= 11 is 3.42. The highest BCUT2D eigenvalue weighted by atomic mass is 79.9. The van der Waals surface area contributed by atoms with Crippen LogP contribution in [-0.4, -0.2) is 31.1 Å². The molecular weight excluding hydrogens is 278 g/mol. The molecule has 0 saturated carbocycles. The molecule has 1 fully saturated rings. The molecule has 3 heteroatoms. The maximum atomic E-state index is 5.73. The Labute approximate surface area is 112 Å². The second kappa shape index (κ2) is 5.87. The zero-order valence-electron chi connectivity index (χ0n) is 10.5. The minimum atomic E-state index is 0.779. The molecule has 0 radical (unpaired) electrons. The van der Waals surface area contributed by atoms with Gasteiger partial charge in [0, 0.05) is 24.1 Å². The number of rotatable bonds is 4. The number of hydrogen-bond acceptors (Lipinski definition) is 2. The van der Waals surface area contributed by atoms with Crippen molar-refractivity contribution in [2.24, 2.45) is 11.8 Å². The molecule has 2 rings (SSSR count). The first kappa shape index (κ1) is 12.9. The highest BCUT2D eigenvalue weighted by Gasteiger charge is 2.25. The largest absolute Gasteiger partial charge is 0.492 e. The van der Waals surface area contributed by atoms with Crippen molar-refractivity contribution in [2.75, 3.05) is 26.2 Å². The molecule has 2 atom stereocenters. The molecule has 0 aromatic heterocycles. The van der Waals surface area contributed by atoms with E-state index in [1.807, 2.05) is 24.3 Å². The molecule has 1 aromatic rings. The zero-order chi connectivity index (χ0) is 12.3. The first-order valence-corrected chi connectivity index (χ1v) is 7.05. The van der Waals surface area contributed by atoms with E-state index >= 15 is 0 Å². The van der Waals surface area contributed by atoms with Crippen LogP contribution in [0.2, 0.25) is 0 Å². The second-order valence-corrected chi connectivity index (χ2v) is 5.93. The summed E-state index contributed by atoms with van der Waals surface area (Å²) in [5, 5.41) is 0. The lowest BCUT2D eigenvalue weighted by molar-refractivity contribution is 0.232. The Morgan fingerprint density at radius 1 is 1.18 bits per heavy atom. The van der Waals surface area contributed by atoms with E-state index in [0.29, 0.717) is 0 Å². The van der Waals surface area contributed by atoms with Gasteiger partial charge in [-0.25, -0.2) is 0 Å². The molecule has 0 N–H and O–H groups in total. The molecule has 1 aliphatic heterocycles. The van der Waals surface area contributed by atoms with Gasteiger partial charge >= 0.3 is 0 Å². The van der Waals surface area contributed by atoms with Gasteiger partial charge in [-0.3, -0.25) is 4.90 Å². The minimum Gasteiger partial charge on any atom is -0.492 e. The van der Waals surface area contributed by atoms with E-state index in [1.165, 1.54) is 13.1 Å². The minimum absolute atomic E-state index is 0.779. The summed E-state index contributed by atoms with van der Waals surface area (Å²) < 4.78 is 6.82. The van der Waals surface area contributed by atoms with Crippen molar-refractivity contribution < 1.29 is 4.74 Å². The monoisotopic (exact) mass is 297 g/mol. The van der Waals surface area contributed by atoms with E-state index in [4.69, 9.17) is 4.74 Å². The van der Waals surface area contributed by atoms with E-state index in [2.05, 4.69) is 34.7 Å². The Kier molecular flexibility index (Phi) is 4.46. The smallest absolute Gasteiger partial charge is 0.119 e. The quantitative estimate of drug-likeness (QED) is 0.844. The van der Waals surface area contributed by atoms with Crippen LogP contribution in [-0.2, 0) is 0 Å². The molecule has 2 unspecified atom stereocenters. The molecule has 0 bridgehead atoms. The Morgan fingerprint density at radius 2 is 1.76 bits per heavy atom. The Bertz CT molecular complexity index is 342. The van der Waals surface area contributed by atoms with Gasteiger partial charge in [0.1, 0.15) is 12.4 Å². The molecular formula is C14H20BrNO. The topological polar surface area (TPSA) is 12.5 Å². The van der Waals surface area contributed by atoms with Crippen LogP contribution in [0.1, 0.15) is 13.8 Å². The van der Waals surface area contributed by atoms with Crippen molar-refractivity contribution in [1.82, 2.24) is 4.90 Å². The van der Waals surface area contributed by atoms with Gasteiger partial charge in [0.05, 0.1) is 0 Å². The molecule has 0 aliphatic carbocycles. The third-order valence-electron chi connectivity index (χ3n) is 3.55. The van der Waals surface area contributed by atoms with Crippen molar-refractivity contribution in [2.45, 2.75) is 13.8 Å². The lowest BCUT2D eigenvalue weighted by Crippen LogP contribution is -2.26. The van der Waals surface area contributed by atoms with Crippen molar-refractivity contribution in [3.8, 4) is 5.75 Å². The number of likely N-dealkylation sites (tertiary alicyclic amines) is 1. The fourth-order valence-electron chi connectivity index (χ4n) is 2.25. The van der Waals surface area contributed by atoms with Crippen LogP contribution in [0.4, 0.5) is 0 Å². The average molecular weight is 298 g/mol. The van der Waals surface area contributed by atoms with E-state index in [-0.39, 0.29) is 0 Å². The fraction of sp³-hybridized carbons (Fsp3) is 0.571. The second-order valence-electron chi connectivity index (χ2n) is 5.02. The lowest BCUT2D eigenvalue weighted by Gasteiger charge is -2.15. The van der Waals surface area contributed by atoms with Gasteiger partial charge in [-0.2, -0.15) is 0 Å². The summed E-state index contributed by atoms with van der Waals surface area (Å²) in [6.45, 7) is 8.90. The molecule has 1 heterocycles. The van der Waals surface area contributed by atoms with Crippen LogP contribution < -0.4 is 4.74 Å². The molecule has 94 valence electrons. The van der Waals surface area contributed by atoms with Crippen LogP contribution in [0.15, 0.2) is 28.7 Å². The third-order valence-corrected chi connectivity index (χ3v) is 4.08. The van der Waals surface area contributed by atoms with Crippen molar-refractivity contribution in [1.29, 1.82) is 0 Å². The number of hydrogen-bond donors (Lipinski definition) is 0. The van der Waals surface area contributed by atoms with E-state index in [1.54, 1.807) is 0 Å². The van der Waals surface area contributed by atoms with E-state index in [9.17, 15) is 0 Å². The molecule has 17 heavy (non-hydrogen) atoms. The van der Waals surface area contributed by atoms with Crippen molar-refractivity contribution in [3.05, 3.63) is 28.7 Å². The van der Waals surface area contributed by atoms with Gasteiger partial charge in [-0.1, -0.05) is 29.8 Å². The summed E-state index contributed by atoms with van der Waals surface area (Å²) in [7, 11) is 0. The Hall–Kier alpha value is -0.540. The van der Waals surface area contributed by atoms with Crippen LogP contribution in [0.25, 0.3) is 0 Å². The molecule has 1 aliphatic rings. The Balaban J connectivity index is 1.71. The maximum absolute atomic E-state index is 5.73. The van der Waals surface area contributed by atoms with E-state index in [0.717, 1.165) is 35.2 Å². The first-order valence-electron chi connectivity index (χ1n) is 6.26. The summed E-state index contributed by atoms with van der Waals surface area (Å²) in [6.07, 6.45) is 0. The Morgan fingerprint density at radius 3 is 2.35 bits per heavy atom. The summed E-state index contributed by atoms with van der Waals surface area (Å²) in [5.74, 6) is 2.60. The predicted octanol–water partition coefficient (Wildman–Crippen LogP) is 3.42. The highest BCUT2D eigenvalue weighted by molar-refractivity contribution is 9.10. The summed E-state index contributed by atoms with van der Waals surface area (Å²) in [6, 6.07) is 8.02. The molecule has 0 amide bonds. The fourth-order valence-corrected chi connectivity index (χ4v) is 2.52. The SMILES string of the molecule is CC1CN(CCOc2ccc(Br)cc2)CC1C. The van der Waals surface area contributed by atoms with Crippen LogP contribution in [0, 0.1) is 11.8 Å².